The van der Waals surface area contributed by atoms with E-state index in [1.807, 2.05) is 6.92 Å². The molecule has 2 rings (SSSR count). The topological polar surface area (TPSA) is 67.9 Å². The van der Waals surface area contributed by atoms with Crippen LogP contribution in [0.3, 0.4) is 0 Å². The predicted octanol–water partition coefficient (Wildman–Crippen LogP) is 3.54. The number of urea groups is 1. The van der Waals surface area contributed by atoms with Gasteiger partial charge in [0.1, 0.15) is 6.61 Å². The number of carbonyl (C=O) groups is 2. The summed E-state index contributed by atoms with van der Waals surface area (Å²) < 4.78 is 10.2. The summed E-state index contributed by atoms with van der Waals surface area (Å²) in [6.07, 6.45) is 0. The summed E-state index contributed by atoms with van der Waals surface area (Å²) in [5, 5.41) is 3.44. The molecule has 25 heavy (non-hydrogen) atoms. The van der Waals surface area contributed by atoms with E-state index in [0.29, 0.717) is 28.4 Å². The Labute approximate surface area is 156 Å². The number of benzene rings is 1. The molecule has 136 valence electrons. The molecule has 1 N–H and O–H groups in total. The number of esters is 1. The lowest BCUT2D eigenvalue weighted by molar-refractivity contribution is -0.140. The first-order valence-corrected chi connectivity index (χ1v) is 8.56. The normalized spacial score (nSPS) is 17.6. The highest BCUT2D eigenvalue weighted by Gasteiger charge is 2.37. The highest BCUT2D eigenvalue weighted by Crippen LogP contribution is 2.37. The van der Waals surface area contributed by atoms with Crippen molar-refractivity contribution in [1.82, 2.24) is 10.2 Å². The van der Waals surface area contributed by atoms with Gasteiger partial charge in [-0.05, 0) is 25.5 Å². The molecular formula is C17H20Cl2N2O4. The highest BCUT2D eigenvalue weighted by atomic mass is 35.5. The van der Waals surface area contributed by atoms with Crippen LogP contribution in [0.15, 0.2) is 29.5 Å². The number of hydrogen-bond donors (Lipinski definition) is 1. The van der Waals surface area contributed by atoms with Crippen LogP contribution in [0.25, 0.3) is 0 Å². The molecule has 0 saturated heterocycles. The summed E-state index contributed by atoms with van der Waals surface area (Å²) in [7, 11) is 1.52. The molecule has 8 heteroatoms. The van der Waals surface area contributed by atoms with Crippen molar-refractivity contribution in [3.05, 3.63) is 45.1 Å². The monoisotopic (exact) mass is 386 g/mol. The van der Waals surface area contributed by atoms with E-state index >= 15 is 0 Å². The van der Waals surface area contributed by atoms with Gasteiger partial charge >= 0.3 is 12.0 Å². The lowest BCUT2D eigenvalue weighted by atomic mass is 9.95. The average molecular weight is 387 g/mol. The Morgan fingerprint density at radius 1 is 1.32 bits per heavy atom. The molecule has 0 saturated carbocycles. The van der Waals surface area contributed by atoms with E-state index in [4.69, 9.17) is 32.7 Å². The Morgan fingerprint density at radius 3 is 2.68 bits per heavy atom. The van der Waals surface area contributed by atoms with Crippen LogP contribution in [-0.2, 0) is 14.3 Å². The zero-order valence-electron chi connectivity index (χ0n) is 14.3. The third-order valence-corrected chi connectivity index (χ3v) is 4.78. The van der Waals surface area contributed by atoms with Crippen LogP contribution in [0.1, 0.15) is 25.5 Å². The maximum Gasteiger partial charge on any atom is 0.338 e. The number of methoxy groups -OCH3 is 1. The fraction of sp³-hybridized carbons (Fsp3) is 0.412. The fourth-order valence-electron chi connectivity index (χ4n) is 2.70. The Bertz CT molecular complexity index is 706. The number of nitrogens with zero attached hydrogens (tertiary/aromatic N) is 1. The molecule has 1 aromatic carbocycles. The smallest absolute Gasteiger partial charge is 0.338 e. The van der Waals surface area contributed by atoms with E-state index in [0.717, 1.165) is 0 Å². The summed E-state index contributed by atoms with van der Waals surface area (Å²) in [6.45, 7) is 4.35. The maximum atomic E-state index is 12.6. The van der Waals surface area contributed by atoms with Gasteiger partial charge in [0.05, 0.1) is 28.3 Å². The van der Waals surface area contributed by atoms with Gasteiger partial charge in [0.2, 0.25) is 0 Å². The third kappa shape index (κ3) is 4.08. The number of amides is 2. The second-order valence-electron chi connectivity index (χ2n) is 5.40. The van der Waals surface area contributed by atoms with Gasteiger partial charge in [0.25, 0.3) is 0 Å². The molecule has 1 aromatic rings. The van der Waals surface area contributed by atoms with E-state index in [9.17, 15) is 9.59 Å². The van der Waals surface area contributed by atoms with Crippen LogP contribution >= 0.6 is 23.2 Å². The summed E-state index contributed by atoms with van der Waals surface area (Å²) in [4.78, 5) is 26.5. The first-order valence-electron chi connectivity index (χ1n) is 7.81. The van der Waals surface area contributed by atoms with E-state index in [-0.39, 0.29) is 24.3 Å². The first-order chi connectivity index (χ1) is 11.9. The molecule has 6 nitrogen and oxygen atoms in total. The molecule has 0 bridgehead atoms. The minimum atomic E-state index is -0.739. The van der Waals surface area contributed by atoms with Crippen molar-refractivity contribution in [2.24, 2.45) is 0 Å². The number of allylic oxidation sites excluding steroid dienone is 1. The number of carbonyl (C=O) groups excluding carboxylic acids is 2. The van der Waals surface area contributed by atoms with Gasteiger partial charge in [-0.3, -0.25) is 4.90 Å². The number of halogens is 2. The Morgan fingerprint density at radius 2 is 2.04 bits per heavy atom. The molecule has 0 spiro atoms. The molecule has 0 aliphatic carbocycles. The standard InChI is InChI=1S/C17H20Cl2N2O4/c1-4-21-10(2)13(16(22)25-9-8-24-3)15(20-17(21)23)11-6-5-7-12(18)14(11)19/h5-7,15H,4,8-9H2,1-3H3,(H,20,23). The van der Waals surface area contributed by atoms with E-state index in [1.54, 1.807) is 25.1 Å². The number of rotatable bonds is 6. The van der Waals surface area contributed by atoms with Crippen molar-refractivity contribution in [2.75, 3.05) is 26.9 Å². The zero-order valence-corrected chi connectivity index (χ0v) is 15.8. The predicted molar refractivity (Wildman–Crippen MR) is 95.6 cm³/mol. The van der Waals surface area contributed by atoms with Crippen LogP contribution in [-0.4, -0.2) is 43.8 Å². The van der Waals surface area contributed by atoms with Gasteiger partial charge in [-0.1, -0.05) is 35.3 Å². The van der Waals surface area contributed by atoms with Crippen molar-refractivity contribution >= 4 is 35.2 Å². The van der Waals surface area contributed by atoms with Crippen LogP contribution in [0.5, 0.6) is 0 Å². The molecular weight excluding hydrogens is 367 g/mol. The maximum absolute atomic E-state index is 12.6. The number of nitrogens with one attached hydrogen (secondary N) is 1. The van der Waals surface area contributed by atoms with Gasteiger partial charge < -0.3 is 14.8 Å². The lowest BCUT2D eigenvalue weighted by Crippen LogP contribution is -2.48. The molecule has 1 unspecified atom stereocenters. The van der Waals surface area contributed by atoms with Crippen LogP contribution in [0.4, 0.5) is 4.79 Å². The van der Waals surface area contributed by atoms with E-state index in [1.165, 1.54) is 12.0 Å². The molecule has 0 radical (unpaired) electrons. The zero-order chi connectivity index (χ0) is 18.6. The first kappa shape index (κ1) is 19.6. The summed E-state index contributed by atoms with van der Waals surface area (Å²) in [5.74, 6) is -0.533. The molecule has 1 atom stereocenters. The van der Waals surface area contributed by atoms with Crippen molar-refractivity contribution in [3.63, 3.8) is 0 Å². The Kier molecular flexibility index (Phi) is 6.70. The summed E-state index contributed by atoms with van der Waals surface area (Å²) in [5.41, 5.74) is 1.38. The van der Waals surface area contributed by atoms with Crippen molar-refractivity contribution < 1.29 is 19.1 Å². The average Bonchev–Trinajstić information content (AvgIpc) is 2.57. The van der Waals surface area contributed by atoms with Crippen molar-refractivity contribution in [1.29, 1.82) is 0 Å². The second kappa shape index (κ2) is 8.56. The van der Waals surface area contributed by atoms with Crippen LogP contribution in [0.2, 0.25) is 10.0 Å². The highest BCUT2D eigenvalue weighted by molar-refractivity contribution is 6.42. The molecule has 1 aliphatic heterocycles. The van der Waals surface area contributed by atoms with E-state index < -0.39 is 12.0 Å². The van der Waals surface area contributed by atoms with Gasteiger partial charge in [0, 0.05) is 19.4 Å². The van der Waals surface area contributed by atoms with Gasteiger partial charge in [-0.25, -0.2) is 9.59 Å². The summed E-state index contributed by atoms with van der Waals surface area (Å²) in [6, 6.07) is 4.02. The minimum Gasteiger partial charge on any atom is -0.460 e. The Balaban J connectivity index is 2.48. The van der Waals surface area contributed by atoms with Crippen molar-refractivity contribution in [3.8, 4) is 0 Å². The van der Waals surface area contributed by atoms with Gasteiger partial charge in [-0.15, -0.1) is 0 Å². The molecule has 2 amide bonds. The third-order valence-electron chi connectivity index (χ3n) is 3.95. The number of ether oxygens (including phenoxy) is 2. The minimum absolute atomic E-state index is 0.113. The Hall–Kier alpha value is -1.76. The van der Waals surface area contributed by atoms with Crippen molar-refractivity contribution in [2.45, 2.75) is 19.9 Å². The lowest BCUT2D eigenvalue weighted by Gasteiger charge is -2.35. The fourth-order valence-corrected chi connectivity index (χ4v) is 3.12. The molecule has 1 heterocycles. The molecule has 0 fully saturated rings. The van der Waals surface area contributed by atoms with Gasteiger partial charge in [-0.2, -0.15) is 0 Å². The largest absolute Gasteiger partial charge is 0.460 e. The quantitative estimate of drug-likeness (QED) is 0.599. The summed E-state index contributed by atoms with van der Waals surface area (Å²) >= 11 is 12.4. The molecule has 0 aromatic heterocycles. The number of hydrogen-bond acceptors (Lipinski definition) is 4. The van der Waals surface area contributed by atoms with Gasteiger partial charge in [0.15, 0.2) is 0 Å². The van der Waals surface area contributed by atoms with E-state index in [2.05, 4.69) is 5.32 Å². The van der Waals surface area contributed by atoms with Crippen LogP contribution in [0, 0.1) is 0 Å². The SMILES string of the molecule is CCN1C(=O)NC(c2cccc(Cl)c2Cl)C(C(=O)OCCOC)=C1C. The van der Waals surface area contributed by atoms with Crippen LogP contribution < -0.4 is 5.32 Å². The molecule has 1 aliphatic rings. The second-order valence-corrected chi connectivity index (χ2v) is 6.18.